The molecule has 6 rings (SSSR count). The summed E-state index contributed by atoms with van der Waals surface area (Å²) in [5.41, 5.74) is 6.05. The number of nitrogens with zero attached hydrogens (tertiary/aromatic N) is 3. The Morgan fingerprint density at radius 2 is 1.74 bits per heavy atom. The molecule has 2 atom stereocenters. The number of nitrogens with one attached hydrogen (secondary N) is 1. The Morgan fingerprint density at radius 3 is 2.46 bits per heavy atom. The molecule has 3 heterocycles. The van der Waals surface area contributed by atoms with E-state index in [4.69, 9.17) is 45.1 Å². The van der Waals surface area contributed by atoms with Gasteiger partial charge in [0, 0.05) is 23.3 Å². The predicted molar refractivity (Wildman–Crippen MR) is 163 cm³/mol. The average molecular weight is 578 g/mol. The van der Waals surface area contributed by atoms with Crippen molar-refractivity contribution in [2.75, 3.05) is 4.90 Å². The van der Waals surface area contributed by atoms with Crippen molar-refractivity contribution in [2.45, 2.75) is 57.7 Å². The summed E-state index contributed by atoms with van der Waals surface area (Å²) in [5, 5.41) is 5.28. The van der Waals surface area contributed by atoms with Crippen molar-refractivity contribution in [1.29, 1.82) is 0 Å². The van der Waals surface area contributed by atoms with E-state index in [0.29, 0.717) is 21.3 Å². The molecule has 1 aliphatic carbocycles. The third-order valence-electron chi connectivity index (χ3n) is 7.78. The molecule has 0 spiro atoms. The fourth-order valence-corrected chi connectivity index (χ4v) is 6.68. The highest BCUT2D eigenvalue weighted by atomic mass is 35.5. The molecule has 4 aromatic rings. The zero-order valence-electron chi connectivity index (χ0n) is 21.9. The van der Waals surface area contributed by atoms with Crippen molar-refractivity contribution in [3.8, 4) is 11.4 Å². The Labute approximate surface area is 244 Å². The highest BCUT2D eigenvalue weighted by molar-refractivity contribution is 7.80. The van der Waals surface area contributed by atoms with Gasteiger partial charge in [-0.05, 0) is 112 Å². The van der Waals surface area contributed by atoms with Crippen molar-refractivity contribution in [2.24, 2.45) is 0 Å². The fourth-order valence-electron chi connectivity index (χ4n) is 5.96. The average Bonchev–Trinajstić information content (AvgIpc) is 3.65. The Bertz CT molecular complexity index is 1500. The molecule has 0 bridgehead atoms. The molecule has 2 aliphatic rings. The summed E-state index contributed by atoms with van der Waals surface area (Å²) >= 11 is 19.0. The minimum absolute atomic E-state index is 0.132. The predicted octanol–water partition coefficient (Wildman–Crippen LogP) is 8.29. The number of aromatic nitrogens is 2. The topological polar surface area (TPSA) is 42.3 Å². The first-order chi connectivity index (χ1) is 18.9. The van der Waals surface area contributed by atoms with E-state index < -0.39 is 0 Å². The van der Waals surface area contributed by atoms with Crippen molar-refractivity contribution >= 4 is 46.2 Å². The lowest BCUT2D eigenvalue weighted by Gasteiger charge is -2.28. The van der Waals surface area contributed by atoms with Crippen LogP contribution in [-0.4, -0.2) is 20.8 Å². The van der Waals surface area contributed by atoms with Gasteiger partial charge in [-0.3, -0.25) is 4.98 Å². The molecule has 8 heteroatoms. The van der Waals surface area contributed by atoms with Gasteiger partial charge in [0.15, 0.2) is 5.11 Å². The molecular formula is C31H30Cl2N4OS. The fraction of sp³-hybridized carbons (Fsp3) is 0.290. The number of hydrogen-bond donors (Lipinski definition) is 1. The maximum atomic E-state index is 6.67. The van der Waals surface area contributed by atoms with Crippen LogP contribution in [0.2, 0.25) is 10.0 Å². The van der Waals surface area contributed by atoms with E-state index in [9.17, 15) is 0 Å². The van der Waals surface area contributed by atoms with Crippen LogP contribution in [0.25, 0.3) is 5.69 Å². The molecule has 1 N–H and O–H groups in total. The minimum atomic E-state index is -0.142. The molecule has 1 saturated heterocycles. The summed E-state index contributed by atoms with van der Waals surface area (Å²) in [7, 11) is 0. The normalized spacial score (nSPS) is 19.5. The van der Waals surface area contributed by atoms with Gasteiger partial charge in [-0.25, -0.2) is 0 Å². The van der Waals surface area contributed by atoms with Crippen molar-refractivity contribution in [1.82, 2.24) is 14.9 Å². The highest BCUT2D eigenvalue weighted by Gasteiger charge is 2.42. The van der Waals surface area contributed by atoms with E-state index in [0.717, 1.165) is 52.6 Å². The summed E-state index contributed by atoms with van der Waals surface area (Å²) in [5.74, 6) is 0.898. The van der Waals surface area contributed by atoms with E-state index in [1.807, 2.05) is 36.5 Å². The second-order valence-corrected chi connectivity index (χ2v) is 11.4. The van der Waals surface area contributed by atoms with Crippen molar-refractivity contribution < 1.29 is 4.74 Å². The van der Waals surface area contributed by atoms with Gasteiger partial charge in [0.05, 0.1) is 39.6 Å². The SMILES string of the molecule is Cc1cc(C2C(c3ccccn3)NC(=S)N2c2ccc(OC3CCCC3)cc2)c(C)n1-c1cccc(Cl)c1Cl. The van der Waals surface area contributed by atoms with Crippen LogP contribution in [0.5, 0.6) is 5.75 Å². The van der Waals surface area contributed by atoms with Crippen molar-refractivity contribution in [3.05, 3.63) is 106 Å². The zero-order chi connectivity index (χ0) is 27.1. The van der Waals surface area contributed by atoms with Crippen LogP contribution in [-0.2, 0) is 0 Å². The third kappa shape index (κ3) is 4.90. The number of pyridine rings is 1. The van der Waals surface area contributed by atoms with E-state index in [-0.39, 0.29) is 12.1 Å². The van der Waals surface area contributed by atoms with Crippen LogP contribution in [0.15, 0.2) is 72.9 Å². The van der Waals surface area contributed by atoms with Gasteiger partial charge < -0.3 is 19.5 Å². The van der Waals surface area contributed by atoms with Crippen LogP contribution < -0.4 is 15.0 Å². The molecule has 0 radical (unpaired) electrons. The van der Waals surface area contributed by atoms with E-state index >= 15 is 0 Å². The number of hydrogen-bond acceptors (Lipinski definition) is 3. The van der Waals surface area contributed by atoms with E-state index in [1.165, 1.54) is 12.8 Å². The van der Waals surface area contributed by atoms with Gasteiger partial charge in [-0.1, -0.05) is 35.3 Å². The summed E-state index contributed by atoms with van der Waals surface area (Å²) in [4.78, 5) is 6.89. The molecule has 1 aliphatic heterocycles. The van der Waals surface area contributed by atoms with Gasteiger partial charge in [0.2, 0.25) is 0 Å². The van der Waals surface area contributed by atoms with Crippen LogP contribution in [0.4, 0.5) is 5.69 Å². The monoisotopic (exact) mass is 576 g/mol. The second-order valence-electron chi connectivity index (χ2n) is 10.2. The minimum Gasteiger partial charge on any atom is -0.490 e. The first-order valence-corrected chi connectivity index (χ1v) is 14.5. The highest BCUT2D eigenvalue weighted by Crippen LogP contribution is 2.44. The second kappa shape index (κ2) is 10.8. The van der Waals surface area contributed by atoms with Gasteiger partial charge in [0.25, 0.3) is 0 Å². The quantitative estimate of drug-likeness (QED) is 0.234. The molecule has 2 fully saturated rings. The van der Waals surface area contributed by atoms with Gasteiger partial charge >= 0.3 is 0 Å². The molecule has 39 heavy (non-hydrogen) atoms. The Hall–Kier alpha value is -3.06. The summed E-state index contributed by atoms with van der Waals surface area (Å²) in [6, 6.07) is 21.9. The van der Waals surface area contributed by atoms with Crippen molar-refractivity contribution in [3.63, 3.8) is 0 Å². The molecule has 2 unspecified atom stereocenters. The molecule has 1 saturated carbocycles. The summed E-state index contributed by atoms with van der Waals surface area (Å²) in [6.07, 6.45) is 6.88. The molecule has 2 aromatic heterocycles. The van der Waals surface area contributed by atoms with Crippen LogP contribution in [0.3, 0.4) is 0 Å². The lowest BCUT2D eigenvalue weighted by Crippen LogP contribution is -2.29. The van der Waals surface area contributed by atoms with Gasteiger partial charge in [-0.2, -0.15) is 0 Å². The van der Waals surface area contributed by atoms with Gasteiger partial charge in [0.1, 0.15) is 5.75 Å². The number of thiocarbonyl (C=S) groups is 1. The Kier molecular flexibility index (Phi) is 7.27. The smallest absolute Gasteiger partial charge is 0.174 e. The van der Waals surface area contributed by atoms with Crippen LogP contribution >= 0.6 is 35.4 Å². The zero-order valence-corrected chi connectivity index (χ0v) is 24.2. The lowest BCUT2D eigenvalue weighted by atomic mass is 9.96. The number of ether oxygens (including phenoxy) is 1. The van der Waals surface area contributed by atoms with E-state index in [2.05, 4.69) is 59.0 Å². The first-order valence-electron chi connectivity index (χ1n) is 13.3. The standard InChI is InChI=1S/C31H30Cl2N4OS/c1-19-18-24(20(2)36(19)27-12-7-10-25(32)28(27)33)30-29(26-11-5-6-17-34-26)35-31(39)37(30)21-13-15-23(16-14-21)38-22-8-3-4-9-22/h5-7,10-18,22,29-30H,3-4,8-9H2,1-2H3,(H,35,39). The molecule has 0 amide bonds. The molecule has 2 aromatic carbocycles. The lowest BCUT2D eigenvalue weighted by molar-refractivity contribution is 0.210. The molecule has 200 valence electrons. The molecular weight excluding hydrogens is 547 g/mol. The maximum absolute atomic E-state index is 6.67. The first kappa shape index (κ1) is 26.2. The number of rotatable bonds is 6. The van der Waals surface area contributed by atoms with Crippen LogP contribution in [0.1, 0.15) is 60.4 Å². The maximum Gasteiger partial charge on any atom is 0.174 e. The largest absolute Gasteiger partial charge is 0.490 e. The summed E-state index contributed by atoms with van der Waals surface area (Å²) in [6.45, 7) is 4.21. The number of anilines is 1. The van der Waals surface area contributed by atoms with Gasteiger partial charge in [-0.15, -0.1) is 0 Å². The summed E-state index contributed by atoms with van der Waals surface area (Å²) < 4.78 is 8.39. The number of halogens is 2. The third-order valence-corrected chi connectivity index (χ3v) is 8.90. The number of aryl methyl sites for hydroxylation is 1. The number of benzene rings is 2. The Morgan fingerprint density at radius 1 is 0.974 bits per heavy atom. The van der Waals surface area contributed by atoms with E-state index in [1.54, 1.807) is 6.07 Å². The molecule has 5 nitrogen and oxygen atoms in total. The van der Waals surface area contributed by atoms with Crippen LogP contribution in [0, 0.1) is 13.8 Å². The Balaban J connectivity index is 1.43.